The minimum atomic E-state index is -0.0872. The number of hydrogen-bond acceptors (Lipinski definition) is 4. The Balaban J connectivity index is 1.86. The minimum absolute atomic E-state index is 0.0370. The summed E-state index contributed by atoms with van der Waals surface area (Å²) in [6, 6.07) is 15.8. The van der Waals surface area contributed by atoms with Crippen molar-refractivity contribution in [2.24, 2.45) is 0 Å². The van der Waals surface area contributed by atoms with E-state index in [4.69, 9.17) is 4.74 Å². The molecule has 0 saturated heterocycles. The molecule has 1 unspecified atom stereocenters. The molecule has 5 heteroatoms. The van der Waals surface area contributed by atoms with E-state index in [9.17, 15) is 4.79 Å². The number of aryl methyl sites for hydroxylation is 2. The van der Waals surface area contributed by atoms with Gasteiger partial charge in [-0.3, -0.25) is 9.78 Å². The van der Waals surface area contributed by atoms with Crippen LogP contribution in [0.5, 0.6) is 5.75 Å². The number of likely N-dealkylation sites (N-methyl/N-ethyl adjacent to an activating group) is 1. The van der Waals surface area contributed by atoms with Gasteiger partial charge in [-0.15, -0.1) is 0 Å². The number of hydrogen-bond donors (Lipinski definition) is 1. The van der Waals surface area contributed by atoms with Crippen LogP contribution in [0.25, 0.3) is 10.9 Å². The zero-order chi connectivity index (χ0) is 20.3. The van der Waals surface area contributed by atoms with E-state index < -0.39 is 0 Å². The molecule has 1 atom stereocenters. The molecule has 1 amide bonds. The summed E-state index contributed by atoms with van der Waals surface area (Å²) in [5, 5.41) is 3.99. The van der Waals surface area contributed by atoms with Gasteiger partial charge in [0.15, 0.2) is 0 Å². The predicted molar refractivity (Wildman–Crippen MR) is 113 cm³/mol. The topological polar surface area (TPSA) is 54.5 Å². The molecule has 0 aliphatic rings. The van der Waals surface area contributed by atoms with Crippen LogP contribution in [0.1, 0.15) is 33.2 Å². The van der Waals surface area contributed by atoms with Crippen molar-refractivity contribution in [1.29, 1.82) is 0 Å². The van der Waals surface area contributed by atoms with E-state index in [0.717, 1.165) is 33.5 Å². The van der Waals surface area contributed by atoms with Gasteiger partial charge in [0.2, 0.25) is 0 Å². The molecule has 0 radical (unpaired) electrons. The number of benzene rings is 2. The minimum Gasteiger partial charge on any atom is -0.497 e. The first-order valence-electron chi connectivity index (χ1n) is 9.35. The van der Waals surface area contributed by atoms with E-state index in [1.54, 1.807) is 7.11 Å². The van der Waals surface area contributed by atoms with Crippen LogP contribution in [-0.4, -0.2) is 43.5 Å². The Kier molecular flexibility index (Phi) is 5.95. The fraction of sp³-hybridized carbons (Fsp3) is 0.304. The summed E-state index contributed by atoms with van der Waals surface area (Å²) in [7, 11) is 5.67. The third-order valence-corrected chi connectivity index (χ3v) is 4.89. The lowest BCUT2D eigenvalue weighted by Gasteiger charge is -2.25. The molecule has 0 bridgehead atoms. The molecule has 1 N–H and O–H groups in total. The molecule has 5 nitrogen and oxygen atoms in total. The van der Waals surface area contributed by atoms with Gasteiger partial charge in [-0.25, -0.2) is 0 Å². The van der Waals surface area contributed by atoms with Crippen molar-refractivity contribution < 1.29 is 9.53 Å². The van der Waals surface area contributed by atoms with Gasteiger partial charge in [0, 0.05) is 17.6 Å². The maximum absolute atomic E-state index is 13.0. The average Bonchev–Trinajstić information content (AvgIpc) is 2.67. The highest BCUT2D eigenvalue weighted by Crippen LogP contribution is 2.23. The fourth-order valence-corrected chi connectivity index (χ4v) is 3.39. The summed E-state index contributed by atoms with van der Waals surface area (Å²) >= 11 is 0. The summed E-state index contributed by atoms with van der Waals surface area (Å²) in [6.07, 6.45) is 0. The molecule has 1 heterocycles. The monoisotopic (exact) mass is 377 g/mol. The van der Waals surface area contributed by atoms with E-state index in [-0.39, 0.29) is 11.9 Å². The normalized spacial score (nSPS) is 12.2. The highest BCUT2D eigenvalue weighted by Gasteiger charge is 2.18. The number of nitrogens with zero attached hydrogens (tertiary/aromatic N) is 2. The van der Waals surface area contributed by atoms with Crippen LogP contribution in [0.15, 0.2) is 48.5 Å². The van der Waals surface area contributed by atoms with Crippen LogP contribution in [0.4, 0.5) is 0 Å². The van der Waals surface area contributed by atoms with Crippen LogP contribution in [0.3, 0.4) is 0 Å². The number of rotatable bonds is 6. The van der Waals surface area contributed by atoms with Gasteiger partial charge in [0.25, 0.3) is 5.91 Å². The molecule has 0 spiro atoms. The molecule has 2 aromatic carbocycles. The third kappa shape index (κ3) is 4.31. The van der Waals surface area contributed by atoms with Crippen molar-refractivity contribution in [2.75, 3.05) is 27.7 Å². The molecular weight excluding hydrogens is 350 g/mol. The van der Waals surface area contributed by atoms with E-state index in [2.05, 4.69) is 21.3 Å². The lowest BCUT2D eigenvalue weighted by atomic mass is 10.0. The molecular formula is C23H27N3O2. The smallest absolute Gasteiger partial charge is 0.252 e. The summed E-state index contributed by atoms with van der Waals surface area (Å²) in [4.78, 5) is 19.7. The largest absolute Gasteiger partial charge is 0.497 e. The summed E-state index contributed by atoms with van der Waals surface area (Å²) < 4.78 is 5.34. The highest BCUT2D eigenvalue weighted by molar-refractivity contribution is 6.06. The Bertz CT molecular complexity index is 998. The van der Waals surface area contributed by atoms with E-state index in [1.165, 1.54) is 0 Å². The molecule has 28 heavy (non-hydrogen) atoms. The average molecular weight is 377 g/mol. The van der Waals surface area contributed by atoms with Gasteiger partial charge in [-0.2, -0.15) is 0 Å². The number of pyridine rings is 1. The van der Waals surface area contributed by atoms with Crippen molar-refractivity contribution in [3.63, 3.8) is 0 Å². The highest BCUT2D eigenvalue weighted by atomic mass is 16.5. The zero-order valence-corrected chi connectivity index (χ0v) is 17.1. The molecule has 1 aromatic heterocycles. The van der Waals surface area contributed by atoms with Gasteiger partial charge < -0.3 is 15.0 Å². The maximum atomic E-state index is 13.0. The van der Waals surface area contributed by atoms with Crippen LogP contribution >= 0.6 is 0 Å². The van der Waals surface area contributed by atoms with Gasteiger partial charge in [-0.05, 0) is 63.8 Å². The molecule has 3 rings (SSSR count). The Morgan fingerprint density at radius 2 is 1.93 bits per heavy atom. The second-order valence-corrected chi connectivity index (χ2v) is 7.30. The number of nitrogens with one attached hydrogen (secondary N) is 1. The molecule has 0 aliphatic carbocycles. The Morgan fingerprint density at radius 1 is 1.14 bits per heavy atom. The first-order valence-corrected chi connectivity index (χ1v) is 9.35. The summed E-state index contributed by atoms with van der Waals surface area (Å²) in [5.41, 5.74) is 4.53. The number of amides is 1. The fourth-order valence-electron chi connectivity index (χ4n) is 3.39. The number of carbonyl (C=O) groups is 1. The Labute approximate surface area is 166 Å². The maximum Gasteiger partial charge on any atom is 0.252 e. The number of aromatic nitrogens is 1. The Hall–Kier alpha value is -2.92. The van der Waals surface area contributed by atoms with Crippen molar-refractivity contribution >= 4 is 16.8 Å². The Morgan fingerprint density at radius 3 is 2.64 bits per heavy atom. The number of methoxy groups -OCH3 is 1. The third-order valence-electron chi connectivity index (χ3n) is 4.89. The second kappa shape index (κ2) is 8.40. The quantitative estimate of drug-likeness (QED) is 0.708. The van der Waals surface area contributed by atoms with Gasteiger partial charge in [0.05, 0.1) is 24.2 Å². The summed E-state index contributed by atoms with van der Waals surface area (Å²) in [5.74, 6) is 0.720. The first-order chi connectivity index (χ1) is 13.4. The SMILES string of the molecule is COc1cccc(C(CNC(=O)c2cc(C)nc3ccc(C)cc23)N(C)C)c1. The van der Waals surface area contributed by atoms with E-state index in [1.807, 2.05) is 70.4 Å². The number of fused-ring (bicyclic) bond motifs is 1. The van der Waals surface area contributed by atoms with Crippen molar-refractivity contribution in [2.45, 2.75) is 19.9 Å². The van der Waals surface area contributed by atoms with Crippen LogP contribution in [-0.2, 0) is 0 Å². The number of carbonyl (C=O) groups excluding carboxylic acids is 1. The van der Waals surface area contributed by atoms with E-state index >= 15 is 0 Å². The first kappa shape index (κ1) is 19.8. The number of ether oxygens (including phenoxy) is 1. The van der Waals surface area contributed by atoms with E-state index in [0.29, 0.717) is 12.1 Å². The lowest BCUT2D eigenvalue weighted by molar-refractivity contribution is 0.0943. The van der Waals surface area contributed by atoms with Crippen LogP contribution in [0, 0.1) is 13.8 Å². The molecule has 0 saturated carbocycles. The second-order valence-electron chi connectivity index (χ2n) is 7.30. The van der Waals surface area contributed by atoms with Crippen molar-refractivity contribution in [3.8, 4) is 5.75 Å². The van der Waals surface area contributed by atoms with Crippen LogP contribution in [0.2, 0.25) is 0 Å². The predicted octanol–water partition coefficient (Wildman–Crippen LogP) is 3.89. The van der Waals surface area contributed by atoms with Crippen molar-refractivity contribution in [3.05, 3.63) is 70.9 Å². The van der Waals surface area contributed by atoms with Crippen molar-refractivity contribution in [1.82, 2.24) is 15.2 Å². The lowest BCUT2D eigenvalue weighted by Crippen LogP contribution is -2.34. The molecule has 0 fully saturated rings. The summed E-state index contributed by atoms with van der Waals surface area (Å²) in [6.45, 7) is 4.43. The molecule has 0 aliphatic heterocycles. The van der Waals surface area contributed by atoms with Crippen LogP contribution < -0.4 is 10.1 Å². The standard InChI is InChI=1S/C23H27N3O2/c1-15-9-10-21-19(11-15)20(12-16(2)25-21)23(27)24-14-22(26(3)4)17-7-6-8-18(13-17)28-5/h6-13,22H,14H2,1-5H3,(H,24,27). The molecule has 146 valence electrons. The zero-order valence-electron chi connectivity index (χ0n) is 17.1. The van der Waals surface area contributed by atoms with Gasteiger partial charge >= 0.3 is 0 Å². The molecule has 3 aromatic rings. The van der Waals surface area contributed by atoms with Gasteiger partial charge in [0.1, 0.15) is 5.75 Å². The van der Waals surface area contributed by atoms with Gasteiger partial charge in [-0.1, -0.05) is 23.8 Å².